The Kier molecular flexibility index (Phi) is 3.46. The molecule has 0 bridgehead atoms. The second-order valence-corrected chi connectivity index (χ2v) is 5.88. The molecule has 0 spiro atoms. The number of hydrogen-bond acceptors (Lipinski definition) is 7. The number of nitro groups is 1. The monoisotopic (exact) mass is 354 g/mol. The van der Waals surface area contributed by atoms with Crippen LogP contribution < -0.4 is 5.56 Å². The van der Waals surface area contributed by atoms with Crippen molar-refractivity contribution in [2.75, 3.05) is 6.26 Å². The number of rotatable bonds is 3. The van der Waals surface area contributed by atoms with E-state index in [-0.39, 0.29) is 11.4 Å². The summed E-state index contributed by atoms with van der Waals surface area (Å²) in [7, 11) is 0. The third kappa shape index (κ3) is 2.34. The van der Waals surface area contributed by atoms with Crippen molar-refractivity contribution in [2.24, 2.45) is 0 Å². The van der Waals surface area contributed by atoms with Crippen LogP contribution in [0.5, 0.6) is 0 Å². The predicted octanol–water partition coefficient (Wildman–Crippen LogP) is 2.06. The minimum absolute atomic E-state index is 0.150. The summed E-state index contributed by atoms with van der Waals surface area (Å²) in [6.45, 7) is 0. The van der Waals surface area contributed by atoms with E-state index in [0.29, 0.717) is 21.8 Å². The average molecular weight is 354 g/mol. The number of pyridine rings is 1. The summed E-state index contributed by atoms with van der Waals surface area (Å²) >= 11 is 1.37. The van der Waals surface area contributed by atoms with Crippen LogP contribution in [0, 0.1) is 10.1 Å². The number of aromatic nitrogens is 5. The second kappa shape index (κ2) is 5.67. The first-order valence-electron chi connectivity index (χ1n) is 7.15. The van der Waals surface area contributed by atoms with Gasteiger partial charge < -0.3 is 0 Å². The molecule has 0 fully saturated rings. The lowest BCUT2D eigenvalue weighted by atomic mass is 10.2. The van der Waals surface area contributed by atoms with Gasteiger partial charge in [0.25, 0.3) is 17.0 Å². The molecule has 3 aromatic heterocycles. The van der Waals surface area contributed by atoms with Gasteiger partial charge in [-0.3, -0.25) is 19.5 Å². The van der Waals surface area contributed by atoms with Gasteiger partial charge in [0.1, 0.15) is 5.69 Å². The molecule has 4 rings (SSSR count). The Labute approximate surface area is 144 Å². The van der Waals surface area contributed by atoms with Crippen LogP contribution in [-0.2, 0) is 0 Å². The topological polar surface area (TPSA) is 108 Å². The van der Waals surface area contributed by atoms with Crippen LogP contribution in [0.3, 0.4) is 0 Å². The fourth-order valence-corrected chi connectivity index (χ4v) is 2.94. The molecule has 0 saturated carbocycles. The highest BCUT2D eigenvalue weighted by atomic mass is 32.2. The van der Waals surface area contributed by atoms with E-state index in [2.05, 4.69) is 15.1 Å². The molecule has 9 nitrogen and oxygen atoms in total. The number of thioether (sulfide) groups is 1. The Hall–Kier alpha value is -3.27. The third-order valence-corrected chi connectivity index (χ3v) is 4.27. The van der Waals surface area contributed by atoms with Crippen molar-refractivity contribution in [3.8, 4) is 5.69 Å². The Bertz CT molecular complexity index is 1200. The second-order valence-electron chi connectivity index (χ2n) is 5.10. The Balaban J connectivity index is 2.03. The summed E-state index contributed by atoms with van der Waals surface area (Å²) in [5, 5.41) is 16.4. The van der Waals surface area contributed by atoms with Gasteiger partial charge >= 0.3 is 0 Å². The van der Waals surface area contributed by atoms with Crippen molar-refractivity contribution in [3.63, 3.8) is 0 Å². The molecule has 0 aliphatic carbocycles. The quantitative estimate of drug-likeness (QED) is 0.315. The molecule has 0 radical (unpaired) electrons. The molecule has 0 saturated heterocycles. The fraction of sp³-hybridized carbons (Fsp3) is 0.0667. The highest BCUT2D eigenvalue weighted by Gasteiger charge is 2.17. The van der Waals surface area contributed by atoms with Crippen molar-refractivity contribution in [2.45, 2.75) is 5.16 Å². The van der Waals surface area contributed by atoms with Gasteiger partial charge in [-0.15, -0.1) is 5.10 Å². The molecule has 0 atom stereocenters. The number of nitrogens with zero attached hydrogens (tertiary/aromatic N) is 6. The number of para-hydroxylation sites is 2. The summed E-state index contributed by atoms with van der Waals surface area (Å²) < 4.78 is 2.73. The Morgan fingerprint density at radius 3 is 2.80 bits per heavy atom. The van der Waals surface area contributed by atoms with Crippen LogP contribution in [0.15, 0.2) is 52.7 Å². The molecule has 10 heteroatoms. The summed E-state index contributed by atoms with van der Waals surface area (Å²) in [5.74, 6) is 0.389. The molecule has 124 valence electrons. The molecule has 0 aliphatic heterocycles. The van der Waals surface area contributed by atoms with Gasteiger partial charge in [0.15, 0.2) is 0 Å². The smallest absolute Gasteiger partial charge is 0.277 e. The van der Waals surface area contributed by atoms with Crippen molar-refractivity contribution < 1.29 is 4.92 Å². The van der Waals surface area contributed by atoms with Crippen LogP contribution >= 0.6 is 11.8 Å². The first kappa shape index (κ1) is 15.3. The van der Waals surface area contributed by atoms with Crippen LogP contribution in [0.2, 0.25) is 0 Å². The molecule has 0 unspecified atom stereocenters. The molecule has 4 aromatic rings. The minimum Gasteiger partial charge on any atom is -0.277 e. The molecule has 3 heterocycles. The van der Waals surface area contributed by atoms with E-state index in [1.54, 1.807) is 18.2 Å². The van der Waals surface area contributed by atoms with Gasteiger partial charge in [-0.25, -0.2) is 4.98 Å². The maximum atomic E-state index is 12.9. The van der Waals surface area contributed by atoms with E-state index in [4.69, 9.17) is 0 Å². The molecule has 0 N–H and O–H groups in total. The van der Waals surface area contributed by atoms with Gasteiger partial charge in [-0.05, 0) is 18.4 Å². The number of nitro benzene ring substituents is 1. The number of benzene rings is 1. The zero-order valence-electron chi connectivity index (χ0n) is 12.9. The highest BCUT2D eigenvalue weighted by molar-refractivity contribution is 7.98. The molecule has 0 amide bonds. The highest BCUT2D eigenvalue weighted by Crippen LogP contribution is 2.22. The first-order chi connectivity index (χ1) is 12.1. The predicted molar refractivity (Wildman–Crippen MR) is 92.3 cm³/mol. The molecule has 0 aliphatic rings. The van der Waals surface area contributed by atoms with E-state index in [1.807, 2.05) is 6.26 Å². The summed E-state index contributed by atoms with van der Waals surface area (Å²) in [4.78, 5) is 32.0. The van der Waals surface area contributed by atoms with Gasteiger partial charge in [0.2, 0.25) is 5.16 Å². The van der Waals surface area contributed by atoms with Gasteiger partial charge in [0.05, 0.1) is 15.8 Å². The zero-order valence-corrected chi connectivity index (χ0v) is 13.7. The van der Waals surface area contributed by atoms with E-state index in [9.17, 15) is 14.9 Å². The standard InChI is InChI=1S/C15H10N6O3S/c1-25-15-17-14-16-8-9-10(20(14)18-15)6-7-19(13(9)22)11-4-2-3-5-12(11)21(23)24/h2-8H,1H3. The number of hydrogen-bond donors (Lipinski definition) is 0. The average Bonchev–Trinajstić information content (AvgIpc) is 3.06. The van der Waals surface area contributed by atoms with Crippen LogP contribution in [-0.4, -0.2) is 35.3 Å². The fourth-order valence-electron chi connectivity index (χ4n) is 2.60. The van der Waals surface area contributed by atoms with Crippen LogP contribution in [0.4, 0.5) is 5.69 Å². The Morgan fingerprint density at radius 1 is 1.24 bits per heavy atom. The number of fused-ring (bicyclic) bond motifs is 3. The minimum atomic E-state index is -0.518. The zero-order chi connectivity index (χ0) is 17.6. The van der Waals surface area contributed by atoms with E-state index in [1.165, 1.54) is 45.4 Å². The molecule has 25 heavy (non-hydrogen) atoms. The first-order valence-corrected chi connectivity index (χ1v) is 8.37. The van der Waals surface area contributed by atoms with E-state index in [0.717, 1.165) is 0 Å². The Morgan fingerprint density at radius 2 is 2.04 bits per heavy atom. The van der Waals surface area contributed by atoms with Crippen molar-refractivity contribution >= 4 is 34.1 Å². The SMILES string of the molecule is CSc1nc2ncc3c(=O)n(-c4ccccc4[N+](=O)[O-])ccc3n2n1. The lowest BCUT2D eigenvalue weighted by molar-refractivity contribution is -0.384. The summed E-state index contributed by atoms with van der Waals surface area (Å²) in [5.41, 5.74) is 0.173. The van der Waals surface area contributed by atoms with Gasteiger partial charge in [-0.1, -0.05) is 23.9 Å². The van der Waals surface area contributed by atoms with Crippen molar-refractivity contribution in [3.05, 3.63) is 63.2 Å². The lowest BCUT2D eigenvalue weighted by Gasteiger charge is -2.08. The normalized spacial score (nSPS) is 11.2. The van der Waals surface area contributed by atoms with Crippen LogP contribution in [0.25, 0.3) is 22.4 Å². The lowest BCUT2D eigenvalue weighted by Crippen LogP contribution is -2.19. The summed E-state index contributed by atoms with van der Waals surface area (Å²) in [6.07, 6.45) is 4.75. The van der Waals surface area contributed by atoms with Crippen molar-refractivity contribution in [1.82, 2.24) is 24.1 Å². The van der Waals surface area contributed by atoms with Gasteiger partial charge in [-0.2, -0.15) is 9.50 Å². The van der Waals surface area contributed by atoms with Crippen molar-refractivity contribution in [1.29, 1.82) is 0 Å². The van der Waals surface area contributed by atoms with E-state index < -0.39 is 10.5 Å². The third-order valence-electron chi connectivity index (χ3n) is 3.74. The largest absolute Gasteiger partial charge is 0.293 e. The molecule has 1 aromatic carbocycles. The van der Waals surface area contributed by atoms with Crippen LogP contribution in [0.1, 0.15) is 0 Å². The summed E-state index contributed by atoms with van der Waals surface area (Å²) in [6, 6.07) is 7.75. The molecular formula is C15H10N6O3S. The molecular weight excluding hydrogens is 344 g/mol. The van der Waals surface area contributed by atoms with E-state index >= 15 is 0 Å². The van der Waals surface area contributed by atoms with Gasteiger partial charge in [0, 0.05) is 18.5 Å². The maximum Gasteiger partial charge on any atom is 0.293 e. The maximum absolute atomic E-state index is 12.9.